The van der Waals surface area contributed by atoms with Gasteiger partial charge < -0.3 is 0 Å². The lowest BCUT2D eigenvalue weighted by Crippen LogP contribution is -1.83. The summed E-state index contributed by atoms with van der Waals surface area (Å²) < 4.78 is 13.2. The second-order valence-corrected chi connectivity index (χ2v) is 3.17. The van der Waals surface area contributed by atoms with Crippen molar-refractivity contribution in [2.24, 2.45) is 0 Å². The summed E-state index contributed by atoms with van der Waals surface area (Å²) in [7, 11) is 0. The van der Waals surface area contributed by atoms with Gasteiger partial charge in [0, 0.05) is 11.1 Å². The van der Waals surface area contributed by atoms with Crippen molar-refractivity contribution < 1.29 is 4.39 Å². The molecule has 1 aromatic carbocycles. The predicted molar refractivity (Wildman–Crippen MR) is 50.2 cm³/mol. The maximum Gasteiger partial charge on any atom is 0.126 e. The second-order valence-electron chi connectivity index (χ2n) is 3.17. The Bertz CT molecular complexity index is 445. The van der Waals surface area contributed by atoms with Crippen molar-refractivity contribution in [2.75, 3.05) is 0 Å². The van der Waals surface area contributed by atoms with Crippen molar-refractivity contribution in [1.82, 2.24) is 10.2 Å². The van der Waals surface area contributed by atoms with Crippen molar-refractivity contribution in [1.29, 1.82) is 0 Å². The van der Waals surface area contributed by atoms with Crippen LogP contribution in [0, 0.1) is 12.7 Å². The van der Waals surface area contributed by atoms with Crippen LogP contribution < -0.4 is 0 Å². The lowest BCUT2D eigenvalue weighted by Gasteiger charge is -1.96. The predicted octanol–water partition coefficient (Wildman–Crippen LogP) is 2.57. The normalized spacial score (nSPS) is 11.0. The summed E-state index contributed by atoms with van der Waals surface area (Å²) in [5.74, 6) is -0.163. The summed E-state index contributed by atoms with van der Waals surface area (Å²) >= 11 is 0. The Balaban J connectivity index is 2.77. The number of hydrogen-bond acceptors (Lipinski definition) is 1. The van der Waals surface area contributed by atoms with Gasteiger partial charge in [-0.2, -0.15) is 5.10 Å². The summed E-state index contributed by atoms with van der Waals surface area (Å²) in [5.41, 5.74) is 2.48. The van der Waals surface area contributed by atoms with Crippen LogP contribution in [0.5, 0.6) is 0 Å². The average molecular weight is 178 g/mol. The molecule has 0 atom stereocenters. The summed E-state index contributed by atoms with van der Waals surface area (Å²) in [5, 5.41) is 7.90. The van der Waals surface area contributed by atoms with Gasteiger partial charge >= 0.3 is 0 Å². The van der Waals surface area contributed by atoms with E-state index in [2.05, 4.69) is 10.2 Å². The smallest absolute Gasteiger partial charge is 0.126 e. The number of benzene rings is 1. The lowest BCUT2D eigenvalue weighted by atomic mass is 10.1. The first-order valence-corrected chi connectivity index (χ1v) is 4.35. The van der Waals surface area contributed by atoms with Gasteiger partial charge in [0.1, 0.15) is 5.82 Å². The highest BCUT2D eigenvalue weighted by atomic mass is 19.1. The van der Waals surface area contributed by atoms with E-state index in [1.165, 1.54) is 0 Å². The first-order valence-electron chi connectivity index (χ1n) is 4.35. The number of nitrogens with zero attached hydrogens (tertiary/aromatic N) is 1. The minimum Gasteiger partial charge on any atom is -0.281 e. The minimum absolute atomic E-state index is 0.163. The summed E-state index contributed by atoms with van der Waals surface area (Å²) in [6, 6.07) is 3.31. The third-order valence-electron chi connectivity index (χ3n) is 2.27. The molecule has 0 aliphatic carbocycles. The van der Waals surface area contributed by atoms with E-state index in [1.807, 2.05) is 6.92 Å². The van der Waals surface area contributed by atoms with Gasteiger partial charge in [0.15, 0.2) is 0 Å². The number of rotatable bonds is 1. The number of hydrogen-bond donors (Lipinski definition) is 1. The maximum atomic E-state index is 13.2. The van der Waals surface area contributed by atoms with Crippen LogP contribution in [0.4, 0.5) is 4.39 Å². The van der Waals surface area contributed by atoms with Gasteiger partial charge in [-0.05, 0) is 31.0 Å². The molecule has 0 unspecified atom stereocenters. The molecule has 68 valence electrons. The molecule has 0 bridgehead atoms. The van der Waals surface area contributed by atoms with E-state index in [9.17, 15) is 4.39 Å². The fourth-order valence-electron chi connectivity index (χ4n) is 1.46. The SMILES string of the molecule is CCc1[nH]nc2cc(C)c(F)cc12. The topological polar surface area (TPSA) is 28.7 Å². The number of H-pyrrole nitrogens is 1. The third-order valence-corrected chi connectivity index (χ3v) is 2.27. The van der Waals surface area contributed by atoms with Crippen molar-refractivity contribution >= 4 is 10.9 Å². The van der Waals surface area contributed by atoms with Gasteiger partial charge in [0.2, 0.25) is 0 Å². The number of fused-ring (bicyclic) bond motifs is 1. The van der Waals surface area contributed by atoms with E-state index in [0.717, 1.165) is 23.0 Å². The summed E-state index contributed by atoms with van der Waals surface area (Å²) in [6.07, 6.45) is 0.846. The number of aromatic amines is 1. The molecule has 0 saturated carbocycles. The maximum absolute atomic E-state index is 13.2. The van der Waals surface area contributed by atoms with E-state index in [-0.39, 0.29) is 5.82 Å². The molecule has 0 saturated heterocycles. The van der Waals surface area contributed by atoms with E-state index in [1.54, 1.807) is 19.1 Å². The second kappa shape index (κ2) is 2.83. The molecular formula is C10H11FN2. The molecule has 3 heteroatoms. The minimum atomic E-state index is -0.163. The fraction of sp³-hybridized carbons (Fsp3) is 0.300. The van der Waals surface area contributed by atoms with Crippen LogP contribution in [0.2, 0.25) is 0 Å². The number of aryl methyl sites for hydroxylation is 2. The van der Waals surface area contributed by atoms with Crippen molar-refractivity contribution in [3.05, 3.63) is 29.2 Å². The van der Waals surface area contributed by atoms with Gasteiger partial charge in [-0.3, -0.25) is 5.10 Å². The monoisotopic (exact) mass is 178 g/mol. The molecule has 0 aliphatic heterocycles. The van der Waals surface area contributed by atoms with Gasteiger partial charge in [-0.25, -0.2) is 4.39 Å². The summed E-state index contributed by atoms with van der Waals surface area (Å²) in [6.45, 7) is 3.76. The Kier molecular flexibility index (Phi) is 1.79. The van der Waals surface area contributed by atoms with Crippen LogP contribution in [-0.2, 0) is 6.42 Å². The van der Waals surface area contributed by atoms with E-state index in [4.69, 9.17) is 0 Å². The highest BCUT2D eigenvalue weighted by molar-refractivity contribution is 5.82. The molecule has 0 radical (unpaired) electrons. The molecule has 2 aromatic rings. The first kappa shape index (κ1) is 8.23. The molecule has 0 aliphatic rings. The Morgan fingerprint density at radius 1 is 1.46 bits per heavy atom. The van der Waals surface area contributed by atoms with Gasteiger partial charge in [0.25, 0.3) is 0 Å². The standard InChI is InChI=1S/C10H11FN2/c1-3-9-7-5-8(11)6(2)4-10(7)13-12-9/h4-5H,3H2,1-2H3,(H,12,13). The van der Waals surface area contributed by atoms with Crippen molar-refractivity contribution in [3.63, 3.8) is 0 Å². The number of nitrogens with one attached hydrogen (secondary N) is 1. The molecule has 2 rings (SSSR count). The molecule has 0 amide bonds. The van der Waals surface area contributed by atoms with E-state index in [0.29, 0.717) is 5.56 Å². The third kappa shape index (κ3) is 1.20. The number of halogens is 1. The highest BCUT2D eigenvalue weighted by Crippen LogP contribution is 2.20. The number of aromatic nitrogens is 2. The Hall–Kier alpha value is -1.38. The zero-order chi connectivity index (χ0) is 9.42. The zero-order valence-corrected chi connectivity index (χ0v) is 7.69. The molecule has 2 nitrogen and oxygen atoms in total. The Morgan fingerprint density at radius 3 is 2.92 bits per heavy atom. The Labute approximate surface area is 75.8 Å². The average Bonchev–Trinajstić information content (AvgIpc) is 2.48. The van der Waals surface area contributed by atoms with Crippen LogP contribution >= 0.6 is 0 Å². The molecule has 1 heterocycles. The summed E-state index contributed by atoms with van der Waals surface area (Å²) in [4.78, 5) is 0. The van der Waals surface area contributed by atoms with Gasteiger partial charge in [-0.1, -0.05) is 6.92 Å². The largest absolute Gasteiger partial charge is 0.281 e. The van der Waals surface area contributed by atoms with Crippen LogP contribution in [0.1, 0.15) is 18.2 Å². The quantitative estimate of drug-likeness (QED) is 0.714. The van der Waals surface area contributed by atoms with Crippen LogP contribution in [-0.4, -0.2) is 10.2 Å². The first-order chi connectivity index (χ1) is 6.22. The molecule has 1 aromatic heterocycles. The van der Waals surface area contributed by atoms with Gasteiger partial charge in [0.05, 0.1) is 5.52 Å². The molecule has 0 spiro atoms. The molecular weight excluding hydrogens is 167 g/mol. The van der Waals surface area contributed by atoms with Crippen LogP contribution in [0.3, 0.4) is 0 Å². The van der Waals surface area contributed by atoms with Crippen LogP contribution in [0.25, 0.3) is 10.9 Å². The van der Waals surface area contributed by atoms with Gasteiger partial charge in [-0.15, -0.1) is 0 Å². The van der Waals surface area contributed by atoms with Crippen molar-refractivity contribution in [3.8, 4) is 0 Å². The highest BCUT2D eigenvalue weighted by Gasteiger charge is 2.06. The van der Waals surface area contributed by atoms with E-state index < -0.39 is 0 Å². The molecule has 13 heavy (non-hydrogen) atoms. The Morgan fingerprint density at radius 2 is 2.23 bits per heavy atom. The molecule has 0 fully saturated rings. The zero-order valence-electron chi connectivity index (χ0n) is 7.69. The lowest BCUT2D eigenvalue weighted by molar-refractivity contribution is 0.620. The van der Waals surface area contributed by atoms with Crippen molar-refractivity contribution in [2.45, 2.75) is 20.3 Å². The fourth-order valence-corrected chi connectivity index (χ4v) is 1.46. The van der Waals surface area contributed by atoms with Crippen LogP contribution in [0.15, 0.2) is 12.1 Å². The molecule has 1 N–H and O–H groups in total. The van der Waals surface area contributed by atoms with E-state index >= 15 is 0 Å².